The third kappa shape index (κ3) is 3.04. The lowest BCUT2D eigenvalue weighted by Crippen LogP contribution is -2.49. The molecule has 0 aliphatic heterocycles. The van der Waals surface area contributed by atoms with Crippen LogP contribution in [0.2, 0.25) is 0 Å². The predicted molar refractivity (Wildman–Crippen MR) is 64.2 cm³/mol. The Morgan fingerprint density at radius 1 is 1.39 bits per heavy atom. The first-order valence-electron chi connectivity index (χ1n) is 5.71. The van der Waals surface area contributed by atoms with Crippen LogP contribution in [0.25, 0.3) is 0 Å². The Balaban J connectivity index is 2.96. The summed E-state index contributed by atoms with van der Waals surface area (Å²) < 4.78 is 26.3. The van der Waals surface area contributed by atoms with E-state index < -0.39 is 23.1 Å². The van der Waals surface area contributed by atoms with Crippen molar-refractivity contribution in [3.05, 3.63) is 35.4 Å². The molecule has 0 unspecified atom stereocenters. The average Bonchev–Trinajstić information content (AvgIpc) is 2.27. The van der Waals surface area contributed by atoms with Crippen molar-refractivity contribution in [3.8, 4) is 0 Å². The number of carboxylic acids is 1. The van der Waals surface area contributed by atoms with Crippen LogP contribution < -0.4 is 0 Å². The number of benzene rings is 1. The molecule has 1 aromatic rings. The van der Waals surface area contributed by atoms with Crippen LogP contribution >= 0.6 is 0 Å². The minimum atomic E-state index is -1.10. The normalized spacial score (nSPS) is 11.9. The molecule has 1 N–H and O–H groups in total. The van der Waals surface area contributed by atoms with Gasteiger partial charge >= 0.3 is 5.97 Å². The van der Waals surface area contributed by atoms with E-state index >= 15 is 0 Å². The van der Waals surface area contributed by atoms with Gasteiger partial charge in [0, 0.05) is 18.2 Å². The highest BCUT2D eigenvalue weighted by molar-refractivity contribution is 5.77. The first kappa shape index (κ1) is 14.6. The Bertz CT molecular complexity index is 447. The number of carboxylic acid groups (broad SMARTS) is 1. The van der Waals surface area contributed by atoms with E-state index in [-0.39, 0.29) is 12.1 Å². The zero-order chi connectivity index (χ0) is 13.9. The number of nitrogens with zero attached hydrogens (tertiary/aromatic N) is 1. The molecule has 0 radical (unpaired) electrons. The van der Waals surface area contributed by atoms with Gasteiger partial charge in [-0.15, -0.1) is 0 Å². The predicted octanol–water partition coefficient (Wildman–Crippen LogP) is 2.65. The molecule has 0 aliphatic rings. The van der Waals surface area contributed by atoms with E-state index in [1.807, 2.05) is 0 Å². The molecule has 0 aliphatic carbocycles. The fraction of sp³-hybridized carbons (Fsp3) is 0.462. The summed E-state index contributed by atoms with van der Waals surface area (Å²) in [5.74, 6) is -2.28. The highest BCUT2D eigenvalue weighted by Crippen LogP contribution is 2.20. The molecule has 0 atom stereocenters. The first-order chi connectivity index (χ1) is 8.28. The summed E-state index contributed by atoms with van der Waals surface area (Å²) in [5.41, 5.74) is -0.817. The van der Waals surface area contributed by atoms with E-state index in [0.717, 1.165) is 6.07 Å². The van der Waals surface area contributed by atoms with Crippen molar-refractivity contribution in [2.75, 3.05) is 6.54 Å². The Morgan fingerprint density at radius 3 is 2.44 bits per heavy atom. The lowest BCUT2D eigenvalue weighted by Gasteiger charge is -2.34. The number of rotatable bonds is 5. The Labute approximate surface area is 105 Å². The smallest absolute Gasteiger partial charge is 0.323 e. The van der Waals surface area contributed by atoms with Gasteiger partial charge in [0.1, 0.15) is 17.2 Å². The first-order valence-corrected chi connectivity index (χ1v) is 5.71. The van der Waals surface area contributed by atoms with Crippen LogP contribution in [-0.4, -0.2) is 28.1 Å². The molecule has 0 aromatic heterocycles. The number of halogens is 2. The van der Waals surface area contributed by atoms with Gasteiger partial charge < -0.3 is 5.11 Å². The Hall–Kier alpha value is -1.49. The molecule has 0 bridgehead atoms. The van der Waals surface area contributed by atoms with Crippen molar-refractivity contribution >= 4 is 5.97 Å². The maximum atomic E-state index is 13.5. The largest absolute Gasteiger partial charge is 0.480 e. The summed E-state index contributed by atoms with van der Waals surface area (Å²) in [6.45, 7) is 5.49. The van der Waals surface area contributed by atoms with Crippen molar-refractivity contribution < 1.29 is 18.7 Å². The maximum Gasteiger partial charge on any atom is 0.323 e. The van der Waals surface area contributed by atoms with Crippen LogP contribution in [0.4, 0.5) is 8.78 Å². The number of carbonyl (C=O) groups is 1. The zero-order valence-corrected chi connectivity index (χ0v) is 10.7. The summed E-state index contributed by atoms with van der Waals surface area (Å²) in [5, 5.41) is 9.14. The van der Waals surface area contributed by atoms with Gasteiger partial charge in [0.15, 0.2) is 0 Å². The molecule has 3 nitrogen and oxygen atoms in total. The fourth-order valence-corrected chi connectivity index (χ4v) is 1.70. The lowest BCUT2D eigenvalue weighted by molar-refractivity contribution is -0.149. The van der Waals surface area contributed by atoms with E-state index in [1.165, 1.54) is 12.1 Å². The molecule has 5 heteroatoms. The van der Waals surface area contributed by atoms with Gasteiger partial charge in [-0.2, -0.15) is 0 Å². The lowest BCUT2D eigenvalue weighted by atomic mass is 10.0. The number of likely N-dealkylation sites (N-methyl/N-ethyl adjacent to an activating group) is 1. The van der Waals surface area contributed by atoms with Gasteiger partial charge in [-0.3, -0.25) is 9.69 Å². The molecule has 100 valence electrons. The van der Waals surface area contributed by atoms with E-state index in [9.17, 15) is 13.6 Å². The van der Waals surface area contributed by atoms with E-state index in [0.29, 0.717) is 6.54 Å². The van der Waals surface area contributed by atoms with E-state index in [1.54, 1.807) is 25.7 Å². The highest BCUT2D eigenvalue weighted by Gasteiger charge is 2.33. The molecular formula is C13H17F2NO2. The molecule has 0 spiro atoms. The maximum absolute atomic E-state index is 13.5. The minimum Gasteiger partial charge on any atom is -0.480 e. The van der Waals surface area contributed by atoms with Crippen molar-refractivity contribution in [1.82, 2.24) is 4.90 Å². The Morgan fingerprint density at radius 2 is 2.00 bits per heavy atom. The number of aliphatic carboxylic acids is 1. The van der Waals surface area contributed by atoms with Crippen LogP contribution in [0.5, 0.6) is 0 Å². The molecule has 0 saturated carbocycles. The van der Waals surface area contributed by atoms with Crippen molar-refractivity contribution in [1.29, 1.82) is 0 Å². The molecule has 18 heavy (non-hydrogen) atoms. The van der Waals surface area contributed by atoms with Gasteiger partial charge in [-0.1, -0.05) is 13.0 Å². The van der Waals surface area contributed by atoms with Gasteiger partial charge in [-0.25, -0.2) is 8.78 Å². The van der Waals surface area contributed by atoms with Crippen LogP contribution in [0.15, 0.2) is 18.2 Å². The average molecular weight is 257 g/mol. The summed E-state index contributed by atoms with van der Waals surface area (Å²) in [6, 6.07) is 3.31. The van der Waals surface area contributed by atoms with Crippen LogP contribution in [0.3, 0.4) is 0 Å². The molecule has 0 amide bonds. The molecule has 0 saturated heterocycles. The third-order valence-electron chi connectivity index (χ3n) is 3.07. The highest BCUT2D eigenvalue weighted by atomic mass is 19.1. The van der Waals surface area contributed by atoms with E-state index in [2.05, 4.69) is 0 Å². The van der Waals surface area contributed by atoms with Gasteiger partial charge in [-0.05, 0) is 26.5 Å². The van der Waals surface area contributed by atoms with Gasteiger partial charge in [0.05, 0.1) is 0 Å². The fourth-order valence-electron chi connectivity index (χ4n) is 1.70. The van der Waals surface area contributed by atoms with E-state index in [4.69, 9.17) is 5.11 Å². The zero-order valence-electron chi connectivity index (χ0n) is 10.7. The van der Waals surface area contributed by atoms with Crippen LogP contribution in [0.1, 0.15) is 26.3 Å². The summed E-state index contributed by atoms with van der Waals surface area (Å²) in [6.07, 6.45) is 0. The SMILES string of the molecule is CCN(Cc1ccc(F)cc1F)C(C)(C)C(=O)O. The van der Waals surface area contributed by atoms with Crippen molar-refractivity contribution in [2.45, 2.75) is 32.9 Å². The van der Waals surface area contributed by atoms with Crippen LogP contribution in [-0.2, 0) is 11.3 Å². The quantitative estimate of drug-likeness (QED) is 0.881. The number of hydrogen-bond acceptors (Lipinski definition) is 2. The second-order valence-electron chi connectivity index (χ2n) is 4.61. The van der Waals surface area contributed by atoms with Gasteiger partial charge in [0.25, 0.3) is 0 Å². The summed E-state index contributed by atoms with van der Waals surface area (Å²) in [4.78, 5) is 12.8. The summed E-state index contributed by atoms with van der Waals surface area (Å²) >= 11 is 0. The molecule has 1 aromatic carbocycles. The molecular weight excluding hydrogens is 240 g/mol. The van der Waals surface area contributed by atoms with Crippen LogP contribution in [0, 0.1) is 11.6 Å². The Kier molecular flexibility index (Phi) is 4.40. The van der Waals surface area contributed by atoms with Crippen molar-refractivity contribution in [2.24, 2.45) is 0 Å². The standard InChI is InChI=1S/C13H17F2NO2/c1-4-16(13(2,3)12(17)18)8-9-5-6-10(14)7-11(9)15/h5-7H,4,8H2,1-3H3,(H,17,18). The topological polar surface area (TPSA) is 40.5 Å². The van der Waals surface area contributed by atoms with Gasteiger partial charge in [0.2, 0.25) is 0 Å². The number of hydrogen-bond donors (Lipinski definition) is 1. The molecule has 0 heterocycles. The van der Waals surface area contributed by atoms with Crippen molar-refractivity contribution in [3.63, 3.8) is 0 Å². The second-order valence-corrected chi connectivity index (χ2v) is 4.61. The second kappa shape index (κ2) is 5.44. The minimum absolute atomic E-state index is 0.127. The molecule has 0 fully saturated rings. The summed E-state index contributed by atoms with van der Waals surface area (Å²) in [7, 11) is 0. The monoisotopic (exact) mass is 257 g/mol. The molecule has 1 rings (SSSR count). The third-order valence-corrected chi connectivity index (χ3v) is 3.07.